The van der Waals surface area contributed by atoms with Crippen molar-refractivity contribution in [3.05, 3.63) is 64.6 Å². The standard InChI is InChI=1S/C19H17BrN2O/c1-12(2)21-19(23)16-11-18(13-6-5-7-14(20)10-13)22-17-9-4-3-8-15(16)17/h3-12H,1-2H3,(H,21,23). The maximum atomic E-state index is 12.6. The summed E-state index contributed by atoms with van der Waals surface area (Å²) in [5.74, 6) is -0.0742. The Morgan fingerprint density at radius 3 is 2.61 bits per heavy atom. The summed E-state index contributed by atoms with van der Waals surface area (Å²) in [6.07, 6.45) is 0. The number of para-hydroxylation sites is 1. The van der Waals surface area contributed by atoms with Crippen molar-refractivity contribution >= 4 is 32.7 Å². The molecule has 0 bridgehead atoms. The van der Waals surface area contributed by atoms with Crippen molar-refractivity contribution in [2.45, 2.75) is 19.9 Å². The van der Waals surface area contributed by atoms with Gasteiger partial charge in [0.1, 0.15) is 0 Å². The first kappa shape index (κ1) is 15.7. The molecule has 0 aliphatic rings. The van der Waals surface area contributed by atoms with E-state index in [1.165, 1.54) is 0 Å². The molecule has 116 valence electrons. The zero-order chi connectivity index (χ0) is 16.4. The van der Waals surface area contributed by atoms with Crippen molar-refractivity contribution in [2.75, 3.05) is 0 Å². The number of benzene rings is 2. The van der Waals surface area contributed by atoms with Crippen LogP contribution < -0.4 is 5.32 Å². The molecule has 23 heavy (non-hydrogen) atoms. The average Bonchev–Trinajstić information content (AvgIpc) is 2.53. The third-order valence-corrected chi connectivity index (χ3v) is 3.99. The van der Waals surface area contributed by atoms with Gasteiger partial charge in [0.25, 0.3) is 5.91 Å². The Morgan fingerprint density at radius 1 is 1.09 bits per heavy atom. The summed E-state index contributed by atoms with van der Waals surface area (Å²) in [5, 5.41) is 3.83. The molecule has 0 aliphatic heterocycles. The Morgan fingerprint density at radius 2 is 1.87 bits per heavy atom. The van der Waals surface area contributed by atoms with Crippen LogP contribution in [-0.4, -0.2) is 16.9 Å². The number of carbonyl (C=O) groups is 1. The van der Waals surface area contributed by atoms with Gasteiger partial charge < -0.3 is 5.32 Å². The minimum atomic E-state index is -0.0742. The Bertz CT molecular complexity index is 874. The fourth-order valence-corrected chi connectivity index (χ4v) is 2.90. The maximum Gasteiger partial charge on any atom is 0.252 e. The van der Waals surface area contributed by atoms with Crippen molar-refractivity contribution in [1.82, 2.24) is 10.3 Å². The minimum Gasteiger partial charge on any atom is -0.350 e. The molecule has 0 spiro atoms. The molecule has 3 aromatic rings. The maximum absolute atomic E-state index is 12.6. The molecule has 0 aliphatic carbocycles. The predicted molar refractivity (Wildman–Crippen MR) is 97.5 cm³/mol. The lowest BCUT2D eigenvalue weighted by molar-refractivity contribution is 0.0945. The van der Waals surface area contributed by atoms with Gasteiger partial charge in [0.05, 0.1) is 16.8 Å². The molecule has 1 heterocycles. The van der Waals surface area contributed by atoms with E-state index in [4.69, 9.17) is 4.98 Å². The van der Waals surface area contributed by atoms with E-state index in [1.54, 1.807) is 0 Å². The molecule has 3 rings (SSSR count). The van der Waals surface area contributed by atoms with Gasteiger partial charge in [0, 0.05) is 21.5 Å². The molecular weight excluding hydrogens is 352 g/mol. The highest BCUT2D eigenvalue weighted by Gasteiger charge is 2.14. The van der Waals surface area contributed by atoms with Crippen LogP contribution in [-0.2, 0) is 0 Å². The van der Waals surface area contributed by atoms with Crippen molar-refractivity contribution < 1.29 is 4.79 Å². The first-order valence-electron chi connectivity index (χ1n) is 7.51. The molecule has 1 N–H and O–H groups in total. The smallest absolute Gasteiger partial charge is 0.252 e. The number of aromatic nitrogens is 1. The average molecular weight is 369 g/mol. The molecule has 2 aromatic carbocycles. The van der Waals surface area contributed by atoms with E-state index in [1.807, 2.05) is 68.4 Å². The Hall–Kier alpha value is -2.20. The van der Waals surface area contributed by atoms with Crippen LogP contribution in [0.1, 0.15) is 24.2 Å². The van der Waals surface area contributed by atoms with Gasteiger partial charge >= 0.3 is 0 Å². The molecular formula is C19H17BrN2O. The van der Waals surface area contributed by atoms with Gasteiger partial charge in [-0.2, -0.15) is 0 Å². The minimum absolute atomic E-state index is 0.0742. The Kier molecular flexibility index (Phi) is 4.44. The second kappa shape index (κ2) is 6.50. The lowest BCUT2D eigenvalue weighted by Gasteiger charge is -2.12. The van der Waals surface area contributed by atoms with Gasteiger partial charge in [-0.05, 0) is 38.1 Å². The largest absolute Gasteiger partial charge is 0.350 e. The van der Waals surface area contributed by atoms with E-state index in [0.717, 1.165) is 26.6 Å². The number of pyridine rings is 1. The van der Waals surface area contributed by atoms with E-state index in [2.05, 4.69) is 21.2 Å². The van der Waals surface area contributed by atoms with Gasteiger partial charge in [0.15, 0.2) is 0 Å². The lowest BCUT2D eigenvalue weighted by atomic mass is 10.0. The number of halogens is 1. The molecule has 0 saturated carbocycles. The van der Waals surface area contributed by atoms with Crippen LogP contribution in [0.5, 0.6) is 0 Å². The number of nitrogens with zero attached hydrogens (tertiary/aromatic N) is 1. The zero-order valence-corrected chi connectivity index (χ0v) is 14.6. The number of fused-ring (bicyclic) bond motifs is 1. The molecule has 0 unspecified atom stereocenters. The van der Waals surface area contributed by atoms with E-state index in [0.29, 0.717) is 5.56 Å². The summed E-state index contributed by atoms with van der Waals surface area (Å²) in [6, 6.07) is 17.6. The van der Waals surface area contributed by atoms with Crippen molar-refractivity contribution in [2.24, 2.45) is 0 Å². The Balaban J connectivity index is 2.19. The second-order valence-corrected chi connectivity index (χ2v) is 6.63. The van der Waals surface area contributed by atoms with E-state index in [9.17, 15) is 4.79 Å². The van der Waals surface area contributed by atoms with Gasteiger partial charge in [-0.25, -0.2) is 4.98 Å². The summed E-state index contributed by atoms with van der Waals surface area (Å²) in [6.45, 7) is 3.91. The first-order valence-corrected chi connectivity index (χ1v) is 8.30. The first-order chi connectivity index (χ1) is 11.0. The van der Waals surface area contributed by atoms with E-state index < -0.39 is 0 Å². The molecule has 0 radical (unpaired) electrons. The zero-order valence-electron chi connectivity index (χ0n) is 13.0. The quantitative estimate of drug-likeness (QED) is 0.721. The molecule has 0 fully saturated rings. The normalized spacial score (nSPS) is 11.0. The highest BCUT2D eigenvalue weighted by atomic mass is 79.9. The number of carbonyl (C=O) groups excluding carboxylic acids is 1. The summed E-state index contributed by atoms with van der Waals surface area (Å²) in [7, 11) is 0. The van der Waals surface area contributed by atoms with Crippen molar-refractivity contribution in [3.63, 3.8) is 0 Å². The van der Waals surface area contributed by atoms with Crippen molar-refractivity contribution in [1.29, 1.82) is 0 Å². The molecule has 4 heteroatoms. The van der Waals surface area contributed by atoms with E-state index in [-0.39, 0.29) is 11.9 Å². The van der Waals surface area contributed by atoms with Gasteiger partial charge in [-0.15, -0.1) is 0 Å². The van der Waals surface area contributed by atoms with Crippen LogP contribution in [0.2, 0.25) is 0 Å². The van der Waals surface area contributed by atoms with Gasteiger partial charge in [-0.1, -0.05) is 46.3 Å². The summed E-state index contributed by atoms with van der Waals surface area (Å²) >= 11 is 3.48. The highest BCUT2D eigenvalue weighted by molar-refractivity contribution is 9.10. The van der Waals surface area contributed by atoms with Crippen molar-refractivity contribution in [3.8, 4) is 11.3 Å². The topological polar surface area (TPSA) is 42.0 Å². The third-order valence-electron chi connectivity index (χ3n) is 3.50. The molecule has 3 nitrogen and oxygen atoms in total. The number of hydrogen-bond acceptors (Lipinski definition) is 2. The fraction of sp³-hybridized carbons (Fsp3) is 0.158. The van der Waals surface area contributed by atoms with E-state index >= 15 is 0 Å². The molecule has 0 saturated heterocycles. The molecule has 1 amide bonds. The SMILES string of the molecule is CC(C)NC(=O)c1cc(-c2cccc(Br)c2)nc2ccccc12. The van der Waals surface area contributed by atoms with Crippen LogP contribution >= 0.6 is 15.9 Å². The number of amides is 1. The van der Waals surface area contributed by atoms with Crippen LogP contribution in [0.15, 0.2) is 59.1 Å². The van der Waals surface area contributed by atoms with Crippen LogP contribution in [0, 0.1) is 0 Å². The summed E-state index contributed by atoms with van der Waals surface area (Å²) in [5.41, 5.74) is 3.24. The third kappa shape index (κ3) is 3.42. The van der Waals surface area contributed by atoms with Crippen LogP contribution in [0.4, 0.5) is 0 Å². The monoisotopic (exact) mass is 368 g/mol. The molecule has 1 aromatic heterocycles. The summed E-state index contributed by atoms with van der Waals surface area (Å²) < 4.78 is 0.984. The number of nitrogens with one attached hydrogen (secondary N) is 1. The van der Waals surface area contributed by atoms with Gasteiger partial charge in [0.2, 0.25) is 0 Å². The number of rotatable bonds is 3. The van der Waals surface area contributed by atoms with Crippen LogP contribution in [0.25, 0.3) is 22.2 Å². The lowest BCUT2D eigenvalue weighted by Crippen LogP contribution is -2.30. The van der Waals surface area contributed by atoms with Gasteiger partial charge in [-0.3, -0.25) is 4.79 Å². The van der Waals surface area contributed by atoms with Crippen LogP contribution in [0.3, 0.4) is 0 Å². The fourth-order valence-electron chi connectivity index (χ4n) is 2.50. The molecule has 0 atom stereocenters. The second-order valence-electron chi connectivity index (χ2n) is 5.71. The predicted octanol–water partition coefficient (Wildman–Crippen LogP) is 4.80. The Labute approximate surface area is 143 Å². The highest BCUT2D eigenvalue weighted by Crippen LogP contribution is 2.26. The number of hydrogen-bond donors (Lipinski definition) is 1. The summed E-state index contributed by atoms with van der Waals surface area (Å²) in [4.78, 5) is 17.3.